The molecule has 0 spiro atoms. The Morgan fingerprint density at radius 1 is 0.912 bits per heavy atom. The quantitative estimate of drug-likeness (QED) is 0.323. The zero-order valence-corrected chi connectivity index (χ0v) is 19.7. The molecule has 0 aliphatic heterocycles. The number of anilines is 1. The molecule has 0 aliphatic carbocycles. The number of carbonyl (C=O) groups is 1. The van der Waals surface area contributed by atoms with Gasteiger partial charge in [-0.25, -0.2) is 0 Å². The Morgan fingerprint density at radius 3 is 2.38 bits per heavy atom. The largest absolute Gasteiger partial charge is 0.493 e. The summed E-state index contributed by atoms with van der Waals surface area (Å²) in [5, 5.41) is 3.14. The molecule has 4 heteroatoms. The first-order chi connectivity index (χ1) is 16.6. The zero-order valence-electron chi connectivity index (χ0n) is 19.7. The van der Waals surface area contributed by atoms with Crippen molar-refractivity contribution in [3.05, 3.63) is 125 Å². The van der Waals surface area contributed by atoms with Gasteiger partial charge in [-0.15, -0.1) is 0 Å². The van der Waals surface area contributed by atoms with Crippen molar-refractivity contribution in [3.63, 3.8) is 0 Å². The smallest absolute Gasteiger partial charge is 0.231 e. The van der Waals surface area contributed by atoms with E-state index in [0.29, 0.717) is 6.61 Å². The number of ether oxygens (including phenoxy) is 1. The van der Waals surface area contributed by atoms with Gasteiger partial charge in [-0.3, -0.25) is 9.78 Å². The van der Waals surface area contributed by atoms with Crippen LogP contribution in [-0.2, 0) is 17.6 Å². The lowest BCUT2D eigenvalue weighted by atomic mass is 9.98. The summed E-state index contributed by atoms with van der Waals surface area (Å²) in [5.41, 5.74) is 6.57. The number of nitrogens with zero attached hydrogens (tertiary/aromatic N) is 1. The molecule has 0 saturated heterocycles. The average molecular weight is 451 g/mol. The standard InChI is InChI=1S/C30H30N2O2/c1-22-8-3-4-10-26(22)20-27-11-5-6-12-29(27)32-30(33)23(2)25-13-15-28(16-14-25)34-19-17-24-9-7-18-31-21-24/h3-16,18,21,23H,17,19-20H2,1-2H3,(H,32,33). The fraction of sp³-hybridized carbons (Fsp3) is 0.200. The first-order valence-corrected chi connectivity index (χ1v) is 11.6. The lowest BCUT2D eigenvalue weighted by molar-refractivity contribution is -0.117. The molecule has 3 aromatic carbocycles. The Morgan fingerprint density at radius 2 is 1.65 bits per heavy atom. The summed E-state index contributed by atoms with van der Waals surface area (Å²) in [4.78, 5) is 17.2. The van der Waals surface area contributed by atoms with E-state index in [1.807, 2.05) is 73.8 Å². The van der Waals surface area contributed by atoms with Gasteiger partial charge in [0.05, 0.1) is 12.5 Å². The van der Waals surface area contributed by atoms with E-state index in [9.17, 15) is 4.79 Å². The molecule has 1 amide bonds. The summed E-state index contributed by atoms with van der Waals surface area (Å²) in [7, 11) is 0. The van der Waals surface area contributed by atoms with Gasteiger partial charge in [0.2, 0.25) is 5.91 Å². The molecule has 1 heterocycles. The molecule has 0 saturated carbocycles. The summed E-state index contributed by atoms with van der Waals surface area (Å²) in [6.07, 6.45) is 5.20. The molecule has 4 nitrogen and oxygen atoms in total. The third-order valence-corrected chi connectivity index (χ3v) is 6.07. The van der Waals surface area contributed by atoms with Crippen LogP contribution in [0.25, 0.3) is 0 Å². The highest BCUT2D eigenvalue weighted by Crippen LogP contribution is 2.24. The zero-order chi connectivity index (χ0) is 23.8. The van der Waals surface area contributed by atoms with E-state index in [-0.39, 0.29) is 11.8 Å². The Hall–Kier alpha value is -3.92. The second-order valence-electron chi connectivity index (χ2n) is 8.50. The van der Waals surface area contributed by atoms with Crippen molar-refractivity contribution in [2.75, 3.05) is 11.9 Å². The van der Waals surface area contributed by atoms with Crippen LogP contribution in [0.2, 0.25) is 0 Å². The number of pyridine rings is 1. The SMILES string of the molecule is Cc1ccccc1Cc1ccccc1NC(=O)C(C)c1ccc(OCCc2cccnc2)cc1. The molecule has 1 atom stereocenters. The number of amides is 1. The molecule has 4 rings (SSSR count). The molecule has 0 fully saturated rings. The van der Waals surface area contributed by atoms with Crippen LogP contribution in [0.3, 0.4) is 0 Å². The van der Waals surface area contributed by atoms with Crippen LogP contribution < -0.4 is 10.1 Å². The van der Waals surface area contributed by atoms with Crippen LogP contribution in [0.5, 0.6) is 5.75 Å². The summed E-state index contributed by atoms with van der Waals surface area (Å²) in [6, 6.07) is 28.1. The molecule has 0 bridgehead atoms. The Labute approximate surface area is 201 Å². The molecule has 34 heavy (non-hydrogen) atoms. The Bertz CT molecular complexity index is 1220. The lowest BCUT2D eigenvalue weighted by Crippen LogP contribution is -2.19. The van der Waals surface area contributed by atoms with Gasteiger partial charge >= 0.3 is 0 Å². The molecular weight excluding hydrogens is 420 g/mol. The van der Waals surface area contributed by atoms with Crippen molar-refractivity contribution in [3.8, 4) is 5.75 Å². The van der Waals surface area contributed by atoms with Crippen LogP contribution in [0.4, 0.5) is 5.69 Å². The maximum Gasteiger partial charge on any atom is 0.231 e. The normalized spacial score (nSPS) is 11.6. The number of aryl methyl sites for hydroxylation is 1. The topological polar surface area (TPSA) is 51.2 Å². The Balaban J connectivity index is 1.36. The number of nitrogens with one attached hydrogen (secondary N) is 1. The van der Waals surface area contributed by atoms with Crippen LogP contribution in [0, 0.1) is 6.92 Å². The van der Waals surface area contributed by atoms with Crippen molar-refractivity contribution in [2.24, 2.45) is 0 Å². The van der Waals surface area contributed by atoms with Crippen molar-refractivity contribution >= 4 is 11.6 Å². The molecule has 172 valence electrons. The minimum Gasteiger partial charge on any atom is -0.493 e. The van der Waals surface area contributed by atoms with E-state index in [0.717, 1.165) is 41.0 Å². The predicted octanol–water partition coefficient (Wildman–Crippen LogP) is 6.34. The van der Waals surface area contributed by atoms with Crippen molar-refractivity contribution in [1.29, 1.82) is 0 Å². The van der Waals surface area contributed by atoms with E-state index in [2.05, 4.69) is 41.5 Å². The van der Waals surface area contributed by atoms with E-state index in [4.69, 9.17) is 4.74 Å². The van der Waals surface area contributed by atoms with Crippen LogP contribution in [-0.4, -0.2) is 17.5 Å². The second-order valence-corrected chi connectivity index (χ2v) is 8.50. The predicted molar refractivity (Wildman–Crippen MR) is 137 cm³/mol. The molecule has 4 aromatic rings. The number of aromatic nitrogens is 1. The number of hydrogen-bond acceptors (Lipinski definition) is 3. The maximum atomic E-state index is 13.1. The van der Waals surface area contributed by atoms with Gasteiger partial charge in [-0.05, 0) is 72.4 Å². The van der Waals surface area contributed by atoms with Crippen LogP contribution >= 0.6 is 0 Å². The van der Waals surface area contributed by atoms with Gasteiger partial charge in [0, 0.05) is 24.5 Å². The molecule has 1 unspecified atom stereocenters. The lowest BCUT2D eigenvalue weighted by Gasteiger charge is -2.16. The number of benzene rings is 3. The number of hydrogen-bond donors (Lipinski definition) is 1. The fourth-order valence-corrected chi connectivity index (χ4v) is 3.89. The van der Waals surface area contributed by atoms with Gasteiger partial charge < -0.3 is 10.1 Å². The third kappa shape index (κ3) is 6.10. The first kappa shape index (κ1) is 23.2. The highest BCUT2D eigenvalue weighted by Gasteiger charge is 2.17. The van der Waals surface area contributed by atoms with Gasteiger partial charge in [0.1, 0.15) is 5.75 Å². The summed E-state index contributed by atoms with van der Waals surface area (Å²) in [5.74, 6) is 0.488. The minimum atomic E-state index is -0.282. The number of para-hydroxylation sites is 1. The average Bonchev–Trinajstić information content (AvgIpc) is 2.87. The van der Waals surface area contributed by atoms with E-state index < -0.39 is 0 Å². The summed E-state index contributed by atoms with van der Waals surface area (Å²) in [6.45, 7) is 4.63. The molecule has 1 aromatic heterocycles. The minimum absolute atomic E-state index is 0.0255. The van der Waals surface area contributed by atoms with Gasteiger partial charge in [0.25, 0.3) is 0 Å². The number of rotatable bonds is 9. The van der Waals surface area contributed by atoms with Crippen molar-refractivity contribution < 1.29 is 9.53 Å². The van der Waals surface area contributed by atoms with Crippen molar-refractivity contribution in [2.45, 2.75) is 32.6 Å². The van der Waals surface area contributed by atoms with E-state index >= 15 is 0 Å². The molecule has 0 aliphatic rings. The second kappa shape index (κ2) is 11.3. The summed E-state index contributed by atoms with van der Waals surface area (Å²) >= 11 is 0. The Kier molecular flexibility index (Phi) is 7.71. The monoisotopic (exact) mass is 450 g/mol. The first-order valence-electron chi connectivity index (χ1n) is 11.6. The fourth-order valence-electron chi connectivity index (χ4n) is 3.89. The third-order valence-electron chi connectivity index (χ3n) is 6.07. The van der Waals surface area contributed by atoms with Gasteiger partial charge in [0.15, 0.2) is 0 Å². The molecular formula is C30H30N2O2. The molecule has 0 radical (unpaired) electrons. The highest BCUT2D eigenvalue weighted by molar-refractivity contribution is 5.96. The summed E-state index contributed by atoms with van der Waals surface area (Å²) < 4.78 is 5.85. The highest BCUT2D eigenvalue weighted by atomic mass is 16.5. The number of carbonyl (C=O) groups excluding carboxylic acids is 1. The van der Waals surface area contributed by atoms with Crippen LogP contribution in [0.15, 0.2) is 97.3 Å². The maximum absolute atomic E-state index is 13.1. The van der Waals surface area contributed by atoms with Crippen molar-refractivity contribution in [1.82, 2.24) is 4.98 Å². The molecule has 1 N–H and O–H groups in total. The van der Waals surface area contributed by atoms with Gasteiger partial charge in [-0.2, -0.15) is 0 Å². The van der Waals surface area contributed by atoms with E-state index in [1.165, 1.54) is 11.1 Å². The van der Waals surface area contributed by atoms with E-state index in [1.54, 1.807) is 6.20 Å². The van der Waals surface area contributed by atoms with Crippen LogP contribution in [0.1, 0.15) is 40.7 Å². The van der Waals surface area contributed by atoms with Gasteiger partial charge in [-0.1, -0.05) is 60.7 Å².